The lowest BCUT2D eigenvalue weighted by Crippen LogP contribution is -2.50. The van der Waals surface area contributed by atoms with Gasteiger partial charge in [0.05, 0.1) is 13.2 Å². The van der Waals surface area contributed by atoms with Crippen LogP contribution in [-0.2, 0) is 16.0 Å². The molecular weight excluding hydrogens is 320 g/mol. The first kappa shape index (κ1) is 21.0. The molecule has 0 unspecified atom stereocenters. The number of benzene rings is 1. The molecule has 0 aliphatic rings. The van der Waals surface area contributed by atoms with Crippen LogP contribution in [-0.4, -0.2) is 54.4 Å². The molecule has 0 saturated heterocycles. The number of carbonyl (C=O) groups is 2. The number of aliphatic hydroxyl groups is 1. The molecule has 6 heteroatoms. The van der Waals surface area contributed by atoms with Crippen molar-refractivity contribution in [3.05, 3.63) is 35.9 Å². The van der Waals surface area contributed by atoms with E-state index in [2.05, 4.69) is 5.32 Å². The number of urea groups is 1. The number of carbonyl (C=O) groups excluding carboxylic acids is 2. The van der Waals surface area contributed by atoms with Crippen LogP contribution in [0.3, 0.4) is 0 Å². The molecule has 1 rings (SSSR count). The van der Waals surface area contributed by atoms with Crippen LogP contribution in [0.25, 0.3) is 0 Å². The number of rotatable bonds is 10. The highest BCUT2D eigenvalue weighted by Gasteiger charge is 2.25. The lowest BCUT2D eigenvalue weighted by molar-refractivity contribution is -0.145. The Morgan fingerprint density at radius 3 is 2.44 bits per heavy atom. The van der Waals surface area contributed by atoms with Crippen molar-refractivity contribution in [1.82, 2.24) is 10.2 Å². The molecule has 0 aliphatic heterocycles. The van der Waals surface area contributed by atoms with Gasteiger partial charge in [-0.15, -0.1) is 0 Å². The molecule has 25 heavy (non-hydrogen) atoms. The van der Waals surface area contributed by atoms with Crippen molar-refractivity contribution in [2.24, 2.45) is 5.92 Å². The van der Waals surface area contributed by atoms with Crippen LogP contribution in [0.1, 0.15) is 32.8 Å². The van der Waals surface area contributed by atoms with E-state index in [0.29, 0.717) is 19.4 Å². The van der Waals surface area contributed by atoms with Gasteiger partial charge in [0.1, 0.15) is 6.04 Å². The summed E-state index contributed by atoms with van der Waals surface area (Å²) in [6.07, 6.45) is 1.19. The van der Waals surface area contributed by atoms with Gasteiger partial charge in [-0.3, -0.25) is 0 Å². The van der Waals surface area contributed by atoms with E-state index >= 15 is 0 Å². The Morgan fingerprint density at radius 1 is 1.20 bits per heavy atom. The fourth-order valence-electron chi connectivity index (χ4n) is 2.51. The van der Waals surface area contributed by atoms with E-state index in [1.54, 1.807) is 6.92 Å². The topological polar surface area (TPSA) is 78.9 Å². The fraction of sp³-hybridized carbons (Fsp3) is 0.579. The minimum absolute atomic E-state index is 0.129. The molecule has 1 aromatic carbocycles. The van der Waals surface area contributed by atoms with Gasteiger partial charge in [0.25, 0.3) is 0 Å². The molecular formula is C19H30N2O4. The first-order valence-corrected chi connectivity index (χ1v) is 8.84. The summed E-state index contributed by atoms with van der Waals surface area (Å²) in [5.74, 6) is -0.179. The predicted molar refractivity (Wildman–Crippen MR) is 97.2 cm³/mol. The molecule has 6 nitrogen and oxygen atoms in total. The van der Waals surface area contributed by atoms with Crippen molar-refractivity contribution in [3.63, 3.8) is 0 Å². The van der Waals surface area contributed by atoms with Crippen molar-refractivity contribution in [1.29, 1.82) is 0 Å². The lowest BCUT2D eigenvalue weighted by Gasteiger charge is -2.26. The molecule has 1 aromatic rings. The standard InChI is InChI=1S/C19H30N2O4/c1-4-25-18(23)17(14-15(2)3)20-19(24)21(12-13-22)11-10-16-8-6-5-7-9-16/h5-9,15,17,22H,4,10-14H2,1-3H3,(H,20,24)/t17-/m0/s1. The molecule has 0 bridgehead atoms. The van der Waals surface area contributed by atoms with Crippen LogP contribution >= 0.6 is 0 Å². The maximum Gasteiger partial charge on any atom is 0.328 e. The van der Waals surface area contributed by atoms with Crippen molar-refractivity contribution in [2.45, 2.75) is 39.7 Å². The Hall–Kier alpha value is -2.08. The second-order valence-electron chi connectivity index (χ2n) is 6.33. The summed E-state index contributed by atoms with van der Waals surface area (Å²) in [4.78, 5) is 26.1. The summed E-state index contributed by atoms with van der Waals surface area (Å²) in [5, 5.41) is 12.0. The number of nitrogens with zero attached hydrogens (tertiary/aromatic N) is 1. The van der Waals surface area contributed by atoms with Crippen molar-refractivity contribution in [3.8, 4) is 0 Å². The van der Waals surface area contributed by atoms with Gasteiger partial charge in [-0.1, -0.05) is 44.2 Å². The number of esters is 1. The third kappa shape index (κ3) is 8.03. The van der Waals surface area contributed by atoms with E-state index < -0.39 is 12.0 Å². The van der Waals surface area contributed by atoms with Crippen LogP contribution in [0, 0.1) is 5.92 Å². The van der Waals surface area contributed by atoms with Gasteiger partial charge in [0.2, 0.25) is 0 Å². The van der Waals surface area contributed by atoms with Gasteiger partial charge in [0.15, 0.2) is 0 Å². The minimum atomic E-state index is -0.676. The van der Waals surface area contributed by atoms with Gasteiger partial charge in [-0.2, -0.15) is 0 Å². The first-order chi connectivity index (χ1) is 12.0. The molecule has 0 aromatic heterocycles. The van der Waals surface area contributed by atoms with Crippen LogP contribution in [0.2, 0.25) is 0 Å². The van der Waals surface area contributed by atoms with E-state index in [9.17, 15) is 14.7 Å². The first-order valence-electron chi connectivity index (χ1n) is 8.84. The Kier molecular flexibility index (Phi) is 9.62. The fourth-order valence-corrected chi connectivity index (χ4v) is 2.51. The van der Waals surface area contributed by atoms with E-state index in [0.717, 1.165) is 5.56 Å². The smallest absolute Gasteiger partial charge is 0.328 e. The molecule has 0 fully saturated rings. The van der Waals surface area contributed by atoms with E-state index in [1.807, 2.05) is 44.2 Å². The van der Waals surface area contributed by atoms with Gasteiger partial charge in [0, 0.05) is 13.1 Å². The highest BCUT2D eigenvalue weighted by atomic mass is 16.5. The second kappa shape index (κ2) is 11.5. The summed E-state index contributed by atoms with van der Waals surface area (Å²) in [7, 11) is 0. The SMILES string of the molecule is CCOC(=O)[C@H](CC(C)C)NC(=O)N(CCO)CCc1ccccc1. The molecule has 0 aliphatic carbocycles. The largest absolute Gasteiger partial charge is 0.464 e. The van der Waals surface area contributed by atoms with E-state index in [4.69, 9.17) is 4.74 Å². The third-order valence-corrected chi connectivity index (χ3v) is 3.75. The number of ether oxygens (including phenoxy) is 1. The monoisotopic (exact) mass is 350 g/mol. The third-order valence-electron chi connectivity index (χ3n) is 3.75. The zero-order chi connectivity index (χ0) is 18.7. The molecule has 0 heterocycles. The van der Waals surface area contributed by atoms with Crippen LogP contribution in [0.15, 0.2) is 30.3 Å². The molecule has 0 saturated carbocycles. The summed E-state index contributed by atoms with van der Waals surface area (Å²) in [6.45, 7) is 6.54. The van der Waals surface area contributed by atoms with Crippen molar-refractivity contribution in [2.75, 3.05) is 26.3 Å². The average molecular weight is 350 g/mol. The zero-order valence-electron chi connectivity index (χ0n) is 15.4. The maximum atomic E-state index is 12.6. The van der Waals surface area contributed by atoms with Crippen molar-refractivity contribution < 1.29 is 19.4 Å². The second-order valence-corrected chi connectivity index (χ2v) is 6.33. The van der Waals surface area contributed by atoms with Gasteiger partial charge < -0.3 is 20.1 Å². The highest BCUT2D eigenvalue weighted by Crippen LogP contribution is 2.08. The predicted octanol–water partition coefficient (Wildman–Crippen LogP) is 2.21. The molecule has 0 radical (unpaired) electrons. The normalized spacial score (nSPS) is 11.9. The summed E-state index contributed by atoms with van der Waals surface area (Å²) in [5.41, 5.74) is 1.11. The zero-order valence-corrected chi connectivity index (χ0v) is 15.4. The molecule has 0 spiro atoms. The quantitative estimate of drug-likeness (QED) is 0.634. The van der Waals surface area contributed by atoms with E-state index in [1.165, 1.54) is 4.90 Å². The molecule has 2 N–H and O–H groups in total. The number of amides is 2. The van der Waals surface area contributed by atoms with Crippen molar-refractivity contribution >= 4 is 12.0 Å². The average Bonchev–Trinajstić information content (AvgIpc) is 2.58. The Bertz CT molecular complexity index is 519. The lowest BCUT2D eigenvalue weighted by atomic mass is 10.0. The Balaban J connectivity index is 2.69. The Morgan fingerprint density at radius 2 is 1.88 bits per heavy atom. The molecule has 140 valence electrons. The number of hydrogen-bond acceptors (Lipinski definition) is 4. The van der Waals surface area contributed by atoms with Gasteiger partial charge >= 0.3 is 12.0 Å². The van der Waals surface area contributed by atoms with E-state index in [-0.39, 0.29) is 31.7 Å². The highest BCUT2D eigenvalue weighted by molar-refractivity contribution is 5.83. The Labute approximate surface area is 150 Å². The van der Waals surface area contributed by atoms with Gasteiger partial charge in [-0.25, -0.2) is 9.59 Å². The minimum Gasteiger partial charge on any atom is -0.464 e. The summed E-state index contributed by atoms with van der Waals surface area (Å²) >= 11 is 0. The molecule has 2 amide bonds. The van der Waals surface area contributed by atoms with Crippen LogP contribution in [0.5, 0.6) is 0 Å². The maximum absolute atomic E-state index is 12.6. The number of hydrogen-bond donors (Lipinski definition) is 2. The van der Waals surface area contributed by atoms with Gasteiger partial charge in [-0.05, 0) is 31.2 Å². The summed E-state index contributed by atoms with van der Waals surface area (Å²) in [6, 6.07) is 8.80. The molecule has 1 atom stereocenters. The van der Waals surface area contributed by atoms with Crippen LogP contribution in [0.4, 0.5) is 4.79 Å². The number of aliphatic hydroxyl groups excluding tert-OH is 1. The van der Waals surface area contributed by atoms with Crippen LogP contribution < -0.4 is 5.32 Å². The number of nitrogens with one attached hydrogen (secondary N) is 1. The summed E-state index contributed by atoms with van der Waals surface area (Å²) < 4.78 is 5.05.